The van der Waals surface area contributed by atoms with Crippen LogP contribution in [-0.2, 0) is 42.2 Å². The van der Waals surface area contributed by atoms with Crippen molar-refractivity contribution in [3.05, 3.63) is 122 Å². The number of phosphoric ester groups is 1. The number of aliphatic hydroxyl groups is 1. The molecule has 0 saturated carbocycles. The number of aliphatic hydroxyl groups excluding tert-OH is 1. The van der Waals surface area contributed by atoms with Crippen molar-refractivity contribution in [3.8, 4) is 0 Å². The molecule has 432 valence electrons. The fraction of sp³-hybridized carbons (Fsp3) is 0.641. The van der Waals surface area contributed by atoms with Crippen LogP contribution in [0.3, 0.4) is 0 Å². The molecular formula is C64H105O11P. The highest BCUT2D eigenvalue weighted by atomic mass is 31.2. The molecule has 0 saturated heterocycles. The molecule has 0 aromatic carbocycles. The summed E-state index contributed by atoms with van der Waals surface area (Å²) in [5, 5.41) is 9.82. The lowest BCUT2D eigenvalue weighted by Crippen LogP contribution is -2.30. The standard InChI is InChI=1S/C64H105O11P/c1-4-7-10-13-16-19-22-25-28-29-30-31-34-37-40-43-46-49-52-55-64(68)75-61(57-71-62(66)53-50-47-44-41-38-35-32-26-23-20-17-14-11-8-5-2)59-73-76(69,70)72-58-60(56-65)74-63(67)54-51-48-45-42-39-36-33-27-24-21-18-15-12-9-6-3/h8,11,16-21,25-28,30-33,38,41,47,50,60-61,65H,4-7,9-10,12-15,22-24,29,34-37,39-40,42-46,48-49,51-59H2,1-3H3,(H,69,70)/b11-8-,19-16-,20-17-,21-18-,28-25-,31-30-,32-26-,33-27-,41-38-,50-47-. The van der Waals surface area contributed by atoms with Crippen LogP contribution < -0.4 is 0 Å². The topological polar surface area (TPSA) is 155 Å². The van der Waals surface area contributed by atoms with Gasteiger partial charge in [-0.25, -0.2) is 4.57 Å². The minimum atomic E-state index is -4.78. The molecule has 12 heteroatoms. The van der Waals surface area contributed by atoms with Crippen LogP contribution in [0.15, 0.2) is 122 Å². The highest BCUT2D eigenvalue weighted by Crippen LogP contribution is 2.43. The van der Waals surface area contributed by atoms with Gasteiger partial charge in [0, 0.05) is 12.8 Å². The van der Waals surface area contributed by atoms with Gasteiger partial charge >= 0.3 is 25.7 Å². The third-order valence-electron chi connectivity index (χ3n) is 11.9. The molecule has 3 unspecified atom stereocenters. The van der Waals surface area contributed by atoms with Gasteiger partial charge in [-0.2, -0.15) is 0 Å². The van der Waals surface area contributed by atoms with Crippen LogP contribution in [0.4, 0.5) is 0 Å². The molecule has 3 atom stereocenters. The second kappa shape index (κ2) is 57.1. The van der Waals surface area contributed by atoms with Crippen molar-refractivity contribution >= 4 is 25.7 Å². The number of hydrogen-bond donors (Lipinski definition) is 2. The highest BCUT2D eigenvalue weighted by molar-refractivity contribution is 7.47. The second-order valence-corrected chi connectivity index (χ2v) is 20.5. The Bertz CT molecular complexity index is 1740. The zero-order valence-corrected chi connectivity index (χ0v) is 48.6. The third kappa shape index (κ3) is 54.7. The summed E-state index contributed by atoms with van der Waals surface area (Å²) in [7, 11) is -4.78. The van der Waals surface area contributed by atoms with E-state index in [2.05, 4.69) is 124 Å². The number of phosphoric acid groups is 1. The van der Waals surface area contributed by atoms with Gasteiger partial charge in [0.15, 0.2) is 6.10 Å². The van der Waals surface area contributed by atoms with Gasteiger partial charge in [0.1, 0.15) is 12.7 Å². The van der Waals surface area contributed by atoms with Gasteiger partial charge in [-0.05, 0) is 116 Å². The monoisotopic (exact) mass is 1080 g/mol. The third-order valence-corrected chi connectivity index (χ3v) is 12.8. The van der Waals surface area contributed by atoms with Crippen molar-refractivity contribution in [2.75, 3.05) is 26.4 Å². The summed E-state index contributed by atoms with van der Waals surface area (Å²) in [4.78, 5) is 48.5. The predicted molar refractivity (Wildman–Crippen MR) is 316 cm³/mol. The Morgan fingerprint density at radius 3 is 1.12 bits per heavy atom. The van der Waals surface area contributed by atoms with Crippen LogP contribution >= 0.6 is 7.82 Å². The lowest BCUT2D eigenvalue weighted by molar-refractivity contribution is -0.161. The average molecular weight is 1080 g/mol. The van der Waals surface area contributed by atoms with Gasteiger partial charge < -0.3 is 24.2 Å². The maximum atomic E-state index is 12.9. The molecule has 0 aromatic rings. The maximum Gasteiger partial charge on any atom is 0.472 e. The van der Waals surface area contributed by atoms with Crippen molar-refractivity contribution < 1.29 is 52.2 Å². The fourth-order valence-corrected chi connectivity index (χ4v) is 8.19. The molecule has 0 radical (unpaired) electrons. The molecule has 0 amide bonds. The number of hydrogen-bond acceptors (Lipinski definition) is 10. The van der Waals surface area contributed by atoms with Crippen molar-refractivity contribution in [2.45, 2.75) is 238 Å². The van der Waals surface area contributed by atoms with Crippen LogP contribution in [0.2, 0.25) is 0 Å². The molecule has 0 aromatic heterocycles. The van der Waals surface area contributed by atoms with Crippen molar-refractivity contribution in [3.63, 3.8) is 0 Å². The molecule has 76 heavy (non-hydrogen) atoms. The summed E-state index contributed by atoms with van der Waals surface area (Å²) in [5.41, 5.74) is 0. The van der Waals surface area contributed by atoms with E-state index >= 15 is 0 Å². The van der Waals surface area contributed by atoms with Crippen LogP contribution in [0, 0.1) is 0 Å². The van der Waals surface area contributed by atoms with Crippen molar-refractivity contribution in [2.24, 2.45) is 0 Å². The van der Waals surface area contributed by atoms with Gasteiger partial charge in [-0.3, -0.25) is 23.4 Å². The molecule has 0 spiro atoms. The molecule has 0 aliphatic rings. The summed E-state index contributed by atoms with van der Waals surface area (Å²) in [5.74, 6) is -1.66. The normalized spacial score (nSPS) is 14.2. The largest absolute Gasteiger partial charge is 0.472 e. The number of rotatable bonds is 53. The van der Waals surface area contributed by atoms with E-state index in [4.69, 9.17) is 23.3 Å². The Morgan fingerprint density at radius 1 is 0.395 bits per heavy atom. The van der Waals surface area contributed by atoms with Gasteiger partial charge in [0.05, 0.1) is 26.2 Å². The number of carbonyl (C=O) groups is 3. The molecule has 0 fully saturated rings. The van der Waals surface area contributed by atoms with E-state index in [9.17, 15) is 28.9 Å². The Morgan fingerprint density at radius 2 is 0.724 bits per heavy atom. The molecule has 2 N–H and O–H groups in total. The van der Waals surface area contributed by atoms with Gasteiger partial charge in [0.2, 0.25) is 0 Å². The number of allylic oxidation sites excluding steroid dienone is 19. The van der Waals surface area contributed by atoms with Crippen LogP contribution in [0.1, 0.15) is 226 Å². The van der Waals surface area contributed by atoms with Crippen LogP contribution in [0.5, 0.6) is 0 Å². The number of carbonyl (C=O) groups excluding carboxylic acids is 3. The second-order valence-electron chi connectivity index (χ2n) is 19.1. The summed E-state index contributed by atoms with van der Waals surface area (Å²) in [6.07, 6.45) is 70.4. The van der Waals surface area contributed by atoms with E-state index in [1.807, 2.05) is 12.2 Å². The zero-order valence-electron chi connectivity index (χ0n) is 47.7. The minimum Gasteiger partial charge on any atom is -0.461 e. The van der Waals surface area contributed by atoms with E-state index in [1.165, 1.54) is 44.9 Å². The highest BCUT2D eigenvalue weighted by Gasteiger charge is 2.28. The minimum absolute atomic E-state index is 0.0154. The first-order valence-electron chi connectivity index (χ1n) is 29.4. The SMILES string of the molecule is CC/C=C\C/C=C\C/C=C\C/C=C\C/C=C\CC(=O)OCC(COP(=O)(O)OCC(CO)OC(=O)CCCCCCC/C=C\C/C=C\CCCCC)OC(=O)CCCCCCCC/C=C\C/C=C\C/C=C\CCCCC. The van der Waals surface area contributed by atoms with E-state index < -0.39 is 64.4 Å². The van der Waals surface area contributed by atoms with Gasteiger partial charge in [-0.15, -0.1) is 0 Å². The lowest BCUT2D eigenvalue weighted by Gasteiger charge is -2.21. The maximum absolute atomic E-state index is 12.9. The Labute approximate surface area is 462 Å². The fourth-order valence-electron chi connectivity index (χ4n) is 7.41. The quantitative estimate of drug-likeness (QED) is 0.0197. The van der Waals surface area contributed by atoms with Crippen molar-refractivity contribution in [1.82, 2.24) is 0 Å². The number of unbranched alkanes of at least 4 members (excludes halogenated alkanes) is 17. The molecule has 11 nitrogen and oxygen atoms in total. The van der Waals surface area contributed by atoms with Gasteiger partial charge in [0.25, 0.3) is 0 Å². The number of esters is 3. The summed E-state index contributed by atoms with van der Waals surface area (Å²) in [6.45, 7) is 4.32. The van der Waals surface area contributed by atoms with Crippen molar-refractivity contribution in [1.29, 1.82) is 0 Å². The zero-order chi connectivity index (χ0) is 55.5. The van der Waals surface area contributed by atoms with Crippen LogP contribution in [0.25, 0.3) is 0 Å². The van der Waals surface area contributed by atoms with Crippen LogP contribution in [-0.4, -0.2) is 66.5 Å². The van der Waals surface area contributed by atoms with E-state index in [1.54, 1.807) is 6.08 Å². The Balaban J connectivity index is 4.87. The molecule has 0 aliphatic heterocycles. The lowest BCUT2D eigenvalue weighted by atomic mass is 10.1. The summed E-state index contributed by atoms with van der Waals surface area (Å²) in [6, 6.07) is 0. The summed E-state index contributed by atoms with van der Waals surface area (Å²) >= 11 is 0. The van der Waals surface area contributed by atoms with Gasteiger partial charge in [-0.1, -0.05) is 213 Å². The Kier molecular flexibility index (Phi) is 54.0. The molecule has 0 rings (SSSR count). The number of ether oxygens (including phenoxy) is 3. The van der Waals surface area contributed by atoms with E-state index in [0.717, 1.165) is 122 Å². The first kappa shape index (κ1) is 71.9. The first-order valence-corrected chi connectivity index (χ1v) is 30.9. The molecule has 0 aliphatic carbocycles. The molecule has 0 bridgehead atoms. The predicted octanol–water partition coefficient (Wildman–Crippen LogP) is 17.6. The van der Waals surface area contributed by atoms with E-state index in [-0.39, 0.29) is 19.3 Å². The molecule has 0 heterocycles. The first-order chi connectivity index (χ1) is 37.2. The Hall–Kier alpha value is -4.12. The summed E-state index contributed by atoms with van der Waals surface area (Å²) < 4.78 is 39.4. The average Bonchev–Trinajstić information content (AvgIpc) is 3.41. The molecular weight excluding hydrogens is 976 g/mol. The smallest absolute Gasteiger partial charge is 0.461 e. The van der Waals surface area contributed by atoms with E-state index in [0.29, 0.717) is 19.3 Å².